The van der Waals surface area contributed by atoms with E-state index in [-0.39, 0.29) is 5.41 Å². The molecule has 21 heavy (non-hydrogen) atoms. The Hall–Kier alpha value is -1.97. The summed E-state index contributed by atoms with van der Waals surface area (Å²) < 4.78 is 0. The fourth-order valence-corrected chi connectivity index (χ4v) is 4.47. The summed E-state index contributed by atoms with van der Waals surface area (Å²) in [6.07, 6.45) is 4.19. The Morgan fingerprint density at radius 3 is 2.57 bits per heavy atom. The highest BCUT2D eigenvalue weighted by molar-refractivity contribution is 5.87. The molecule has 1 aromatic carbocycles. The first-order chi connectivity index (χ1) is 10.1. The molecule has 2 aliphatic carbocycles. The first kappa shape index (κ1) is 12.7. The average Bonchev–Trinajstić information content (AvgIpc) is 3.05. The van der Waals surface area contributed by atoms with Gasteiger partial charge in [0.25, 0.3) is 0 Å². The number of fused-ring (bicyclic) bond motifs is 2. The third-order valence-electron chi connectivity index (χ3n) is 5.30. The standard InChI is InChI=1S/C17H19N3O/c1-11-7-13-8-12(10-21)16(17(13,2)9-11)20-18-14-5-3-4-6-15(14)19-20/h3-6,10-11,13H,7-9H2,1-2H3. The van der Waals surface area contributed by atoms with Gasteiger partial charge in [0.1, 0.15) is 17.3 Å². The largest absolute Gasteiger partial charge is 0.298 e. The van der Waals surface area contributed by atoms with E-state index < -0.39 is 0 Å². The molecule has 2 aliphatic rings. The van der Waals surface area contributed by atoms with Crippen LogP contribution in [0.2, 0.25) is 0 Å². The third-order valence-corrected chi connectivity index (χ3v) is 5.30. The summed E-state index contributed by atoms with van der Waals surface area (Å²) in [4.78, 5) is 13.3. The van der Waals surface area contributed by atoms with E-state index in [9.17, 15) is 4.79 Å². The fourth-order valence-electron chi connectivity index (χ4n) is 4.47. The van der Waals surface area contributed by atoms with E-state index >= 15 is 0 Å². The van der Waals surface area contributed by atoms with Crippen molar-refractivity contribution in [3.63, 3.8) is 0 Å². The second-order valence-electron chi connectivity index (χ2n) is 6.83. The normalized spacial score (nSPS) is 31.9. The molecule has 3 atom stereocenters. The van der Waals surface area contributed by atoms with Crippen LogP contribution < -0.4 is 0 Å². The van der Waals surface area contributed by atoms with E-state index in [2.05, 4.69) is 24.0 Å². The van der Waals surface area contributed by atoms with Crippen LogP contribution in [0.1, 0.15) is 33.1 Å². The highest BCUT2D eigenvalue weighted by Gasteiger charge is 2.51. The van der Waals surface area contributed by atoms with Crippen molar-refractivity contribution in [3.8, 4) is 0 Å². The molecule has 1 fully saturated rings. The van der Waals surface area contributed by atoms with Crippen LogP contribution in [0.15, 0.2) is 29.8 Å². The average molecular weight is 281 g/mol. The number of allylic oxidation sites excluding steroid dienone is 2. The first-order valence-corrected chi connectivity index (χ1v) is 7.63. The quantitative estimate of drug-likeness (QED) is 0.794. The summed E-state index contributed by atoms with van der Waals surface area (Å²) in [5, 5.41) is 9.22. The maximum Gasteiger partial charge on any atom is 0.147 e. The highest BCUT2D eigenvalue weighted by atomic mass is 16.1. The summed E-state index contributed by atoms with van der Waals surface area (Å²) in [6, 6.07) is 7.86. The van der Waals surface area contributed by atoms with Gasteiger partial charge >= 0.3 is 0 Å². The summed E-state index contributed by atoms with van der Waals surface area (Å²) in [6.45, 7) is 4.58. The van der Waals surface area contributed by atoms with Gasteiger partial charge < -0.3 is 0 Å². The van der Waals surface area contributed by atoms with Crippen molar-refractivity contribution in [3.05, 3.63) is 29.8 Å². The Morgan fingerprint density at radius 1 is 1.29 bits per heavy atom. The topological polar surface area (TPSA) is 47.8 Å². The predicted octanol–water partition coefficient (Wildman–Crippen LogP) is 3.30. The summed E-state index contributed by atoms with van der Waals surface area (Å²) in [5.41, 5.74) is 3.71. The number of hydrogen-bond donors (Lipinski definition) is 0. The number of carbonyl (C=O) groups is 1. The Labute approximate surface area is 123 Å². The Morgan fingerprint density at radius 2 is 1.95 bits per heavy atom. The maximum atomic E-state index is 11.5. The molecule has 3 unspecified atom stereocenters. The lowest BCUT2D eigenvalue weighted by molar-refractivity contribution is -0.105. The number of benzene rings is 1. The molecule has 2 aromatic rings. The summed E-state index contributed by atoms with van der Waals surface area (Å²) in [5.74, 6) is 1.25. The minimum atomic E-state index is 0.0324. The van der Waals surface area contributed by atoms with Crippen molar-refractivity contribution >= 4 is 23.0 Å². The SMILES string of the molecule is CC1CC2CC(C=O)=C(n3nc4ccccc4n3)C2(C)C1. The molecule has 0 N–H and O–H groups in total. The molecule has 4 rings (SSSR count). The van der Waals surface area contributed by atoms with Gasteiger partial charge in [-0.25, -0.2) is 0 Å². The molecule has 1 heterocycles. The van der Waals surface area contributed by atoms with Gasteiger partial charge in [0.2, 0.25) is 0 Å². The lowest BCUT2D eigenvalue weighted by atomic mass is 9.81. The monoisotopic (exact) mass is 281 g/mol. The van der Waals surface area contributed by atoms with Gasteiger partial charge in [0.05, 0.1) is 5.70 Å². The van der Waals surface area contributed by atoms with Crippen molar-refractivity contribution in [1.82, 2.24) is 15.0 Å². The van der Waals surface area contributed by atoms with E-state index in [4.69, 9.17) is 0 Å². The molecule has 1 aromatic heterocycles. The van der Waals surface area contributed by atoms with Crippen LogP contribution in [0.5, 0.6) is 0 Å². The first-order valence-electron chi connectivity index (χ1n) is 7.63. The number of carbonyl (C=O) groups excluding carboxylic acids is 1. The summed E-state index contributed by atoms with van der Waals surface area (Å²) in [7, 11) is 0. The van der Waals surface area contributed by atoms with Crippen molar-refractivity contribution in [2.24, 2.45) is 17.3 Å². The number of hydrogen-bond acceptors (Lipinski definition) is 3. The zero-order valence-electron chi connectivity index (χ0n) is 12.4. The third kappa shape index (κ3) is 1.71. The predicted molar refractivity (Wildman–Crippen MR) is 81.4 cm³/mol. The van der Waals surface area contributed by atoms with Gasteiger partial charge in [0.15, 0.2) is 0 Å². The lowest BCUT2D eigenvalue weighted by Crippen LogP contribution is -2.23. The van der Waals surface area contributed by atoms with Crippen molar-refractivity contribution < 1.29 is 4.79 Å². The van der Waals surface area contributed by atoms with Crippen LogP contribution in [0.3, 0.4) is 0 Å². The molecular formula is C17H19N3O. The minimum Gasteiger partial charge on any atom is -0.298 e. The number of nitrogens with zero attached hydrogens (tertiary/aromatic N) is 3. The smallest absolute Gasteiger partial charge is 0.147 e. The van der Waals surface area contributed by atoms with E-state index in [1.165, 1.54) is 6.42 Å². The van der Waals surface area contributed by atoms with Gasteiger partial charge in [-0.15, -0.1) is 10.2 Å². The van der Waals surface area contributed by atoms with Crippen LogP contribution in [0, 0.1) is 17.3 Å². The van der Waals surface area contributed by atoms with Gasteiger partial charge in [-0.3, -0.25) is 4.79 Å². The van der Waals surface area contributed by atoms with E-state index in [1.807, 2.05) is 24.3 Å². The molecule has 0 bridgehead atoms. The number of aromatic nitrogens is 3. The van der Waals surface area contributed by atoms with Gasteiger partial charge in [-0.2, -0.15) is 4.80 Å². The molecule has 0 amide bonds. The highest BCUT2D eigenvalue weighted by Crippen LogP contribution is 2.59. The molecule has 0 spiro atoms. The van der Waals surface area contributed by atoms with E-state index in [1.54, 1.807) is 4.80 Å². The van der Waals surface area contributed by atoms with Crippen LogP contribution in [-0.4, -0.2) is 21.3 Å². The van der Waals surface area contributed by atoms with Gasteiger partial charge in [0, 0.05) is 11.0 Å². The molecule has 0 radical (unpaired) electrons. The Bertz CT molecular complexity index is 727. The van der Waals surface area contributed by atoms with Gasteiger partial charge in [-0.1, -0.05) is 26.0 Å². The Balaban J connectivity index is 1.89. The Kier molecular flexibility index (Phi) is 2.59. The molecule has 0 saturated heterocycles. The molecule has 1 saturated carbocycles. The number of aldehydes is 1. The number of rotatable bonds is 2. The zero-order chi connectivity index (χ0) is 14.6. The lowest BCUT2D eigenvalue weighted by Gasteiger charge is -2.27. The minimum absolute atomic E-state index is 0.0324. The zero-order valence-corrected chi connectivity index (χ0v) is 12.4. The fraction of sp³-hybridized carbons (Fsp3) is 0.471. The van der Waals surface area contributed by atoms with Crippen LogP contribution in [-0.2, 0) is 4.79 Å². The summed E-state index contributed by atoms with van der Waals surface area (Å²) >= 11 is 0. The van der Waals surface area contributed by atoms with E-state index in [0.29, 0.717) is 11.8 Å². The second-order valence-corrected chi connectivity index (χ2v) is 6.83. The second kappa shape index (κ2) is 4.26. The molecule has 0 aliphatic heterocycles. The molecule has 4 heteroatoms. The van der Waals surface area contributed by atoms with Crippen LogP contribution in [0.4, 0.5) is 0 Å². The molecule has 4 nitrogen and oxygen atoms in total. The molecular weight excluding hydrogens is 262 g/mol. The van der Waals surface area contributed by atoms with Crippen molar-refractivity contribution in [2.75, 3.05) is 0 Å². The van der Waals surface area contributed by atoms with Crippen molar-refractivity contribution in [1.29, 1.82) is 0 Å². The maximum absolute atomic E-state index is 11.5. The van der Waals surface area contributed by atoms with Crippen LogP contribution >= 0.6 is 0 Å². The van der Waals surface area contributed by atoms with E-state index in [0.717, 1.165) is 41.4 Å². The molecule has 108 valence electrons. The van der Waals surface area contributed by atoms with Crippen molar-refractivity contribution in [2.45, 2.75) is 33.1 Å². The van der Waals surface area contributed by atoms with Gasteiger partial charge in [-0.05, 0) is 43.2 Å². The van der Waals surface area contributed by atoms with Crippen LogP contribution in [0.25, 0.3) is 16.7 Å².